The zero-order valence-electron chi connectivity index (χ0n) is 25.1. The Bertz CT molecular complexity index is 853. The van der Waals surface area contributed by atoms with Crippen molar-refractivity contribution in [2.75, 3.05) is 31.0 Å². The quantitative estimate of drug-likeness (QED) is 0.456. The first-order valence-corrected chi connectivity index (χ1v) is 13.8. The molecule has 2 aliphatic rings. The van der Waals surface area contributed by atoms with Gasteiger partial charge >= 0.3 is 0 Å². The van der Waals surface area contributed by atoms with Gasteiger partial charge in [-0.1, -0.05) is 69.2 Å². The van der Waals surface area contributed by atoms with Crippen LogP contribution in [0.5, 0.6) is 0 Å². The van der Waals surface area contributed by atoms with Gasteiger partial charge in [0.15, 0.2) is 0 Å². The highest BCUT2D eigenvalue weighted by Crippen LogP contribution is 2.53. The first kappa shape index (κ1) is 28.1. The summed E-state index contributed by atoms with van der Waals surface area (Å²) >= 11 is 0. The summed E-state index contributed by atoms with van der Waals surface area (Å²) in [6, 6.07) is 0.919. The molecular formula is C29H54N6. The normalized spacial score (nSPS) is 31.3. The van der Waals surface area contributed by atoms with Crippen molar-refractivity contribution in [3.63, 3.8) is 0 Å². The summed E-state index contributed by atoms with van der Waals surface area (Å²) in [6.07, 6.45) is 4.73. The highest BCUT2D eigenvalue weighted by Gasteiger charge is 2.48. The van der Waals surface area contributed by atoms with Gasteiger partial charge in [-0.05, 0) is 73.2 Å². The van der Waals surface area contributed by atoms with Gasteiger partial charge in [0.05, 0.1) is 6.67 Å². The number of nitrogens with one attached hydrogen (secondary N) is 1. The van der Waals surface area contributed by atoms with E-state index in [1.807, 2.05) is 14.0 Å². The van der Waals surface area contributed by atoms with Crippen LogP contribution in [0.2, 0.25) is 0 Å². The first-order valence-electron chi connectivity index (χ1n) is 13.8. The number of rotatable bonds is 6. The van der Waals surface area contributed by atoms with E-state index in [9.17, 15) is 0 Å². The molecule has 0 spiro atoms. The Hall–Kier alpha value is -1.43. The zero-order valence-corrected chi connectivity index (χ0v) is 25.1. The summed E-state index contributed by atoms with van der Waals surface area (Å²) in [7, 11) is 4.20. The van der Waals surface area contributed by atoms with Crippen LogP contribution >= 0.6 is 0 Å². The van der Waals surface area contributed by atoms with Gasteiger partial charge in [0.2, 0.25) is 11.9 Å². The van der Waals surface area contributed by atoms with Crippen LogP contribution < -0.4 is 10.2 Å². The molecule has 0 saturated heterocycles. The molecule has 2 saturated carbocycles. The molecule has 0 amide bonds. The molecule has 200 valence electrons. The minimum atomic E-state index is 0.251. The van der Waals surface area contributed by atoms with Crippen LogP contribution in [-0.2, 0) is 0 Å². The van der Waals surface area contributed by atoms with Gasteiger partial charge in [-0.3, -0.25) is 4.90 Å². The maximum Gasteiger partial charge on any atom is 0.231 e. The van der Waals surface area contributed by atoms with Gasteiger partial charge in [-0.2, -0.15) is 15.0 Å². The molecule has 0 bridgehead atoms. The Balaban J connectivity index is 1.97. The van der Waals surface area contributed by atoms with Gasteiger partial charge in [-0.25, -0.2) is 0 Å². The molecule has 0 aromatic carbocycles. The van der Waals surface area contributed by atoms with Gasteiger partial charge in [0, 0.05) is 19.1 Å². The van der Waals surface area contributed by atoms with Crippen molar-refractivity contribution in [1.82, 2.24) is 19.9 Å². The van der Waals surface area contributed by atoms with E-state index in [1.165, 1.54) is 12.8 Å². The smallest absolute Gasteiger partial charge is 0.231 e. The van der Waals surface area contributed by atoms with E-state index in [-0.39, 0.29) is 10.8 Å². The monoisotopic (exact) mass is 486 g/mol. The minimum absolute atomic E-state index is 0.251. The topological polar surface area (TPSA) is 57.2 Å². The Kier molecular flexibility index (Phi) is 7.61. The molecule has 0 atom stereocenters. The molecule has 6 nitrogen and oxygen atoms in total. The third-order valence-electron chi connectivity index (χ3n) is 10.4. The number of aryl methyl sites for hydroxylation is 1. The van der Waals surface area contributed by atoms with Crippen molar-refractivity contribution < 1.29 is 0 Å². The third-order valence-corrected chi connectivity index (χ3v) is 10.4. The first-order chi connectivity index (χ1) is 15.9. The molecule has 3 rings (SSSR count). The van der Waals surface area contributed by atoms with E-state index in [4.69, 9.17) is 9.97 Å². The molecule has 2 fully saturated rings. The summed E-state index contributed by atoms with van der Waals surface area (Å²) in [5.74, 6) is 3.57. The zero-order chi connectivity index (χ0) is 26.6. The van der Waals surface area contributed by atoms with Crippen LogP contribution in [0.1, 0.15) is 101 Å². The number of nitrogens with zero attached hydrogens (tertiary/aromatic N) is 5. The number of hydrogen-bond donors (Lipinski definition) is 1. The summed E-state index contributed by atoms with van der Waals surface area (Å²) in [5.41, 5.74) is 1.14. The van der Waals surface area contributed by atoms with Crippen LogP contribution in [0.4, 0.5) is 11.9 Å². The van der Waals surface area contributed by atoms with Crippen molar-refractivity contribution in [2.45, 2.75) is 114 Å². The van der Waals surface area contributed by atoms with Crippen molar-refractivity contribution in [2.24, 2.45) is 33.5 Å². The fraction of sp³-hybridized carbons (Fsp3) is 0.897. The highest BCUT2D eigenvalue weighted by atomic mass is 15.4. The largest absolute Gasteiger partial charge is 0.357 e. The minimum Gasteiger partial charge on any atom is -0.357 e. The Morgan fingerprint density at radius 3 is 1.60 bits per heavy atom. The molecule has 2 aliphatic carbocycles. The Labute approximate surface area is 216 Å². The molecule has 35 heavy (non-hydrogen) atoms. The Morgan fingerprint density at radius 1 is 0.743 bits per heavy atom. The van der Waals surface area contributed by atoms with Crippen LogP contribution in [-0.4, -0.2) is 52.7 Å². The second-order valence-corrected chi connectivity index (χ2v) is 14.6. The van der Waals surface area contributed by atoms with Crippen LogP contribution in [0, 0.1) is 40.4 Å². The van der Waals surface area contributed by atoms with E-state index in [0.29, 0.717) is 40.7 Å². The van der Waals surface area contributed by atoms with Crippen molar-refractivity contribution >= 4 is 11.9 Å². The second kappa shape index (κ2) is 9.46. The SMILES string of the molecule is CNc1nc(C)nc(N(CN(C)C2CC(C)(C)C(C)C(C)(C)C2)C2CC(C)(C)C(C)C(C)(C)C2)n1. The maximum atomic E-state index is 4.88. The van der Waals surface area contributed by atoms with Gasteiger partial charge in [0.25, 0.3) is 0 Å². The highest BCUT2D eigenvalue weighted by molar-refractivity contribution is 5.38. The maximum absolute atomic E-state index is 4.88. The summed E-state index contributed by atoms with van der Waals surface area (Å²) in [6.45, 7) is 27.3. The predicted molar refractivity (Wildman–Crippen MR) is 149 cm³/mol. The standard InChI is InChI=1S/C29H54N6/c1-19-26(4,5)14-22(15-27(19,6)7)34(13)18-35(25-32-21(3)31-24(30-12)33-25)23-16-28(8,9)20(2)29(10,11)17-23/h19-20,22-23H,14-18H2,1-13H3,(H,30,31,32,33). The molecule has 1 aromatic heterocycles. The van der Waals surface area contributed by atoms with Crippen molar-refractivity contribution in [3.8, 4) is 0 Å². The lowest BCUT2D eigenvalue weighted by molar-refractivity contribution is -0.0274. The molecule has 1 aromatic rings. The van der Waals surface area contributed by atoms with E-state index < -0.39 is 0 Å². The fourth-order valence-corrected chi connectivity index (χ4v) is 7.33. The van der Waals surface area contributed by atoms with E-state index in [2.05, 4.69) is 96.4 Å². The summed E-state index contributed by atoms with van der Waals surface area (Å²) in [5, 5.41) is 3.15. The lowest BCUT2D eigenvalue weighted by Crippen LogP contribution is -2.56. The predicted octanol–water partition coefficient (Wildman–Crippen LogP) is 6.62. The Morgan fingerprint density at radius 2 is 1.17 bits per heavy atom. The van der Waals surface area contributed by atoms with Gasteiger partial charge in [0.1, 0.15) is 5.82 Å². The molecule has 1 heterocycles. The lowest BCUT2D eigenvalue weighted by atomic mass is 9.56. The van der Waals surface area contributed by atoms with Crippen LogP contribution in [0.15, 0.2) is 0 Å². The van der Waals surface area contributed by atoms with Gasteiger partial charge in [-0.15, -0.1) is 0 Å². The molecule has 1 N–H and O–H groups in total. The van der Waals surface area contributed by atoms with Crippen molar-refractivity contribution in [1.29, 1.82) is 0 Å². The number of hydrogen-bond acceptors (Lipinski definition) is 6. The average molecular weight is 487 g/mol. The van der Waals surface area contributed by atoms with E-state index >= 15 is 0 Å². The van der Waals surface area contributed by atoms with E-state index in [1.54, 1.807) is 0 Å². The third kappa shape index (κ3) is 5.78. The molecule has 0 aliphatic heterocycles. The second-order valence-electron chi connectivity index (χ2n) is 14.6. The molecule has 6 heteroatoms. The number of aromatic nitrogens is 3. The van der Waals surface area contributed by atoms with Gasteiger partial charge < -0.3 is 10.2 Å². The van der Waals surface area contributed by atoms with E-state index in [0.717, 1.165) is 31.3 Å². The summed E-state index contributed by atoms with van der Waals surface area (Å²) < 4.78 is 0. The fourth-order valence-electron chi connectivity index (χ4n) is 7.33. The molecular weight excluding hydrogens is 432 g/mol. The number of anilines is 2. The average Bonchev–Trinajstić information content (AvgIpc) is 2.72. The molecule has 0 radical (unpaired) electrons. The summed E-state index contributed by atoms with van der Waals surface area (Å²) in [4.78, 5) is 19.3. The molecule has 0 unspecified atom stereocenters. The van der Waals surface area contributed by atoms with Crippen LogP contribution in [0.25, 0.3) is 0 Å². The van der Waals surface area contributed by atoms with Crippen LogP contribution in [0.3, 0.4) is 0 Å². The van der Waals surface area contributed by atoms with Crippen molar-refractivity contribution in [3.05, 3.63) is 5.82 Å². The lowest BCUT2D eigenvalue weighted by Gasteiger charge is -2.55.